The number of amides is 1. The lowest BCUT2D eigenvalue weighted by Gasteiger charge is -2.33. The molecule has 9 heteroatoms. The van der Waals surface area contributed by atoms with Gasteiger partial charge >= 0.3 is 6.09 Å². The molecular formula is C17H24N6O2S. The van der Waals surface area contributed by atoms with E-state index in [9.17, 15) is 4.79 Å². The zero-order chi connectivity index (χ0) is 18.7. The Kier molecular flexibility index (Phi) is 5.45. The van der Waals surface area contributed by atoms with Crippen molar-refractivity contribution in [2.24, 2.45) is 0 Å². The lowest BCUT2D eigenvalue weighted by molar-refractivity contribution is 0.0185. The van der Waals surface area contributed by atoms with Gasteiger partial charge in [0, 0.05) is 24.8 Å². The fourth-order valence-corrected chi connectivity index (χ4v) is 3.08. The maximum atomic E-state index is 12.2. The van der Waals surface area contributed by atoms with Gasteiger partial charge in [-0.3, -0.25) is 4.68 Å². The molecular weight excluding hydrogens is 352 g/mol. The number of hydrogen-bond acceptors (Lipinski definition) is 7. The summed E-state index contributed by atoms with van der Waals surface area (Å²) in [5.74, 6) is 0. The van der Waals surface area contributed by atoms with Crippen molar-refractivity contribution in [1.82, 2.24) is 29.9 Å². The van der Waals surface area contributed by atoms with Crippen molar-refractivity contribution >= 4 is 17.9 Å². The van der Waals surface area contributed by atoms with Gasteiger partial charge in [-0.1, -0.05) is 11.8 Å². The van der Waals surface area contributed by atoms with Gasteiger partial charge in [-0.2, -0.15) is 5.10 Å². The molecule has 2 aromatic rings. The first-order valence-corrected chi connectivity index (χ1v) is 9.84. The van der Waals surface area contributed by atoms with Gasteiger partial charge in [0.2, 0.25) is 5.16 Å². The third-order valence-corrected chi connectivity index (χ3v) is 4.66. The van der Waals surface area contributed by atoms with Crippen molar-refractivity contribution in [3.8, 4) is 11.3 Å². The highest BCUT2D eigenvalue weighted by Crippen LogP contribution is 2.25. The summed E-state index contributed by atoms with van der Waals surface area (Å²) in [4.78, 5) is 18.2. The molecule has 0 unspecified atom stereocenters. The Morgan fingerprint density at radius 2 is 1.96 bits per heavy atom. The van der Waals surface area contributed by atoms with Gasteiger partial charge in [0.1, 0.15) is 11.3 Å². The van der Waals surface area contributed by atoms with Crippen molar-refractivity contribution in [2.75, 3.05) is 19.3 Å². The molecule has 0 aliphatic carbocycles. The van der Waals surface area contributed by atoms with E-state index in [1.165, 1.54) is 11.8 Å². The number of carbonyl (C=O) groups excluding carboxylic acids is 1. The molecule has 1 aliphatic rings. The van der Waals surface area contributed by atoms with Crippen LogP contribution in [0.15, 0.2) is 23.7 Å². The molecule has 1 amide bonds. The number of piperidine rings is 1. The summed E-state index contributed by atoms with van der Waals surface area (Å²) in [7, 11) is 0. The average molecular weight is 376 g/mol. The number of nitrogens with zero attached hydrogens (tertiary/aromatic N) is 6. The number of ether oxygens (including phenoxy) is 1. The van der Waals surface area contributed by atoms with E-state index >= 15 is 0 Å². The highest BCUT2D eigenvalue weighted by Gasteiger charge is 2.27. The predicted octanol–water partition coefficient (Wildman–Crippen LogP) is 3.03. The van der Waals surface area contributed by atoms with Gasteiger partial charge in [-0.25, -0.2) is 9.78 Å². The Bertz CT molecular complexity index is 747. The summed E-state index contributed by atoms with van der Waals surface area (Å²) in [5.41, 5.74) is 1.14. The summed E-state index contributed by atoms with van der Waals surface area (Å²) in [6.45, 7) is 6.97. The Labute approximate surface area is 157 Å². The van der Waals surface area contributed by atoms with Crippen LogP contribution >= 0.6 is 11.8 Å². The first-order valence-electron chi connectivity index (χ1n) is 8.62. The van der Waals surface area contributed by atoms with Crippen LogP contribution in [0.5, 0.6) is 0 Å². The third kappa shape index (κ3) is 4.51. The van der Waals surface area contributed by atoms with Crippen LogP contribution in [0.1, 0.15) is 39.7 Å². The van der Waals surface area contributed by atoms with Gasteiger partial charge in [0.15, 0.2) is 0 Å². The van der Waals surface area contributed by atoms with E-state index in [1.807, 2.05) is 37.9 Å². The first-order chi connectivity index (χ1) is 12.4. The summed E-state index contributed by atoms with van der Waals surface area (Å²) in [5, 5.41) is 13.4. The van der Waals surface area contributed by atoms with E-state index in [1.54, 1.807) is 17.3 Å². The van der Waals surface area contributed by atoms with Gasteiger partial charge in [0.05, 0.1) is 18.4 Å². The Morgan fingerprint density at radius 1 is 1.23 bits per heavy atom. The smallest absolute Gasteiger partial charge is 0.410 e. The number of likely N-dealkylation sites (tertiary alicyclic amines) is 1. The number of hydrogen-bond donors (Lipinski definition) is 0. The number of thioether (sulfide) groups is 1. The Balaban J connectivity index is 1.60. The second-order valence-corrected chi connectivity index (χ2v) is 8.01. The molecule has 3 heterocycles. The van der Waals surface area contributed by atoms with Crippen LogP contribution in [0.2, 0.25) is 0 Å². The van der Waals surface area contributed by atoms with E-state index < -0.39 is 5.60 Å². The number of aromatic nitrogens is 5. The summed E-state index contributed by atoms with van der Waals surface area (Å²) < 4.78 is 7.39. The zero-order valence-corrected chi connectivity index (χ0v) is 16.4. The molecule has 0 aromatic carbocycles. The quantitative estimate of drug-likeness (QED) is 0.761. The molecule has 0 N–H and O–H groups in total. The first kappa shape index (κ1) is 18.6. The minimum atomic E-state index is -0.467. The van der Waals surface area contributed by atoms with Gasteiger partial charge in [-0.15, -0.1) is 10.2 Å². The van der Waals surface area contributed by atoms with Gasteiger partial charge in [0.25, 0.3) is 0 Å². The van der Waals surface area contributed by atoms with Crippen molar-refractivity contribution in [3.05, 3.63) is 18.6 Å². The maximum Gasteiger partial charge on any atom is 0.410 e. The predicted molar refractivity (Wildman–Crippen MR) is 98.9 cm³/mol. The standard InChI is InChI=1S/C17H24N6O2S/c1-17(2,3)25-16(24)22-7-5-13(6-8-22)23-11-12(9-19-23)14-10-18-15(26-4)21-20-14/h9-11,13H,5-8H2,1-4H3. The molecule has 2 aromatic heterocycles. The van der Waals surface area contributed by atoms with Crippen molar-refractivity contribution in [1.29, 1.82) is 0 Å². The monoisotopic (exact) mass is 376 g/mol. The molecule has 0 atom stereocenters. The topological polar surface area (TPSA) is 86.0 Å². The Hall–Kier alpha value is -2.16. The van der Waals surface area contributed by atoms with E-state index in [0.29, 0.717) is 23.9 Å². The molecule has 1 fully saturated rings. The second-order valence-electron chi connectivity index (χ2n) is 7.24. The SMILES string of the molecule is CSc1ncc(-c2cnn(C3CCN(C(=O)OC(C)(C)C)CC3)c2)nn1. The third-order valence-electron chi connectivity index (χ3n) is 4.11. The summed E-state index contributed by atoms with van der Waals surface area (Å²) >= 11 is 1.46. The fourth-order valence-electron chi connectivity index (χ4n) is 2.80. The van der Waals surface area contributed by atoms with Crippen LogP contribution in [0.25, 0.3) is 11.3 Å². The van der Waals surface area contributed by atoms with Crippen molar-refractivity contribution in [2.45, 2.75) is 50.4 Å². The lowest BCUT2D eigenvalue weighted by atomic mass is 10.1. The average Bonchev–Trinajstić information content (AvgIpc) is 3.10. The summed E-state index contributed by atoms with van der Waals surface area (Å²) in [6, 6.07) is 0.258. The van der Waals surface area contributed by atoms with E-state index in [2.05, 4.69) is 20.3 Å². The van der Waals surface area contributed by atoms with Crippen LogP contribution in [0.3, 0.4) is 0 Å². The largest absolute Gasteiger partial charge is 0.444 e. The van der Waals surface area contributed by atoms with E-state index in [0.717, 1.165) is 18.4 Å². The molecule has 0 radical (unpaired) electrons. The van der Waals surface area contributed by atoms with Gasteiger partial charge in [-0.05, 0) is 39.9 Å². The minimum absolute atomic E-state index is 0.243. The lowest BCUT2D eigenvalue weighted by Crippen LogP contribution is -2.42. The maximum absolute atomic E-state index is 12.2. The summed E-state index contributed by atoms with van der Waals surface area (Å²) in [6.07, 6.45) is 8.82. The van der Waals surface area contributed by atoms with Crippen LogP contribution in [0.4, 0.5) is 4.79 Å². The fraction of sp³-hybridized carbons (Fsp3) is 0.588. The van der Waals surface area contributed by atoms with Crippen molar-refractivity contribution in [3.63, 3.8) is 0 Å². The van der Waals surface area contributed by atoms with Gasteiger partial charge < -0.3 is 9.64 Å². The Morgan fingerprint density at radius 3 is 2.54 bits per heavy atom. The van der Waals surface area contributed by atoms with Crippen LogP contribution < -0.4 is 0 Å². The molecule has 8 nitrogen and oxygen atoms in total. The van der Waals surface area contributed by atoms with Crippen LogP contribution in [-0.2, 0) is 4.74 Å². The molecule has 1 saturated heterocycles. The molecule has 26 heavy (non-hydrogen) atoms. The van der Waals surface area contributed by atoms with E-state index in [-0.39, 0.29) is 12.1 Å². The molecule has 1 aliphatic heterocycles. The number of rotatable bonds is 3. The van der Waals surface area contributed by atoms with Crippen LogP contribution in [-0.4, -0.2) is 60.9 Å². The minimum Gasteiger partial charge on any atom is -0.444 e. The van der Waals surface area contributed by atoms with E-state index in [4.69, 9.17) is 4.74 Å². The molecule has 3 rings (SSSR count). The molecule has 0 bridgehead atoms. The molecule has 0 saturated carbocycles. The number of carbonyl (C=O) groups is 1. The van der Waals surface area contributed by atoms with Crippen molar-refractivity contribution < 1.29 is 9.53 Å². The van der Waals surface area contributed by atoms with Crippen LogP contribution in [0, 0.1) is 0 Å². The highest BCUT2D eigenvalue weighted by molar-refractivity contribution is 7.98. The zero-order valence-electron chi connectivity index (χ0n) is 15.5. The second kappa shape index (κ2) is 7.61. The molecule has 140 valence electrons. The normalized spacial score (nSPS) is 15.9. The molecule has 0 spiro atoms. The highest BCUT2D eigenvalue weighted by atomic mass is 32.2.